The first kappa shape index (κ1) is 10.7. The van der Waals surface area contributed by atoms with Crippen LogP contribution in [-0.2, 0) is 0 Å². The van der Waals surface area contributed by atoms with Crippen molar-refractivity contribution in [1.82, 2.24) is 0 Å². The molecule has 0 aromatic heterocycles. The average Bonchev–Trinajstić information content (AvgIpc) is 1.86. The van der Waals surface area contributed by atoms with Crippen LogP contribution in [0.1, 0.15) is 20.8 Å². The molecular weight excluding hydrogens is 239 g/mol. The molecular formula is C7H18IN2-. The first-order valence-electron chi connectivity index (χ1n) is 3.52. The molecule has 0 aliphatic rings. The molecule has 2 nitrogen and oxygen atoms in total. The summed E-state index contributed by atoms with van der Waals surface area (Å²) in [6, 6.07) is 0. The normalized spacial score (nSPS) is 15.7. The van der Waals surface area contributed by atoms with Gasteiger partial charge in [-0.15, -0.1) is 0 Å². The number of alkyl halides is 1. The topological polar surface area (TPSA) is 52.0 Å². The second kappa shape index (κ2) is 4.51. The number of hydrogen-bond donors (Lipinski definition) is 2. The molecule has 10 heavy (non-hydrogen) atoms. The Morgan fingerprint density at radius 3 is 2.30 bits per heavy atom. The van der Waals surface area contributed by atoms with Gasteiger partial charge < -0.3 is 0 Å². The van der Waals surface area contributed by atoms with E-state index in [9.17, 15) is 0 Å². The molecule has 0 aromatic rings. The van der Waals surface area contributed by atoms with E-state index < -0.39 is 0 Å². The van der Waals surface area contributed by atoms with Crippen LogP contribution in [0.15, 0.2) is 0 Å². The van der Waals surface area contributed by atoms with Gasteiger partial charge in [0, 0.05) is 0 Å². The molecule has 0 bridgehead atoms. The van der Waals surface area contributed by atoms with Crippen LogP contribution in [0.25, 0.3) is 0 Å². The van der Waals surface area contributed by atoms with Crippen LogP contribution in [0.3, 0.4) is 0 Å². The van der Waals surface area contributed by atoms with Crippen LogP contribution >= 0.6 is 0 Å². The summed E-state index contributed by atoms with van der Waals surface area (Å²) in [6.07, 6.45) is 0. The van der Waals surface area contributed by atoms with Crippen molar-refractivity contribution >= 4 is 0 Å². The molecule has 0 spiro atoms. The van der Waals surface area contributed by atoms with E-state index in [1.807, 2.05) is 0 Å². The van der Waals surface area contributed by atoms with Gasteiger partial charge in [0.1, 0.15) is 0 Å². The molecule has 0 aliphatic heterocycles. The van der Waals surface area contributed by atoms with Crippen LogP contribution in [0.4, 0.5) is 0 Å². The fraction of sp³-hybridized carbons (Fsp3) is 1.00. The monoisotopic (exact) mass is 257 g/mol. The van der Waals surface area contributed by atoms with Gasteiger partial charge in [-0.05, 0) is 0 Å². The summed E-state index contributed by atoms with van der Waals surface area (Å²) in [5.41, 5.74) is 5.92. The zero-order valence-electron chi connectivity index (χ0n) is 7.02. The summed E-state index contributed by atoms with van der Waals surface area (Å²) in [4.78, 5) is 0. The fourth-order valence-corrected chi connectivity index (χ4v) is 2.54. The molecule has 0 radical (unpaired) electrons. The second-order valence-corrected chi connectivity index (χ2v) is 5.06. The van der Waals surface area contributed by atoms with Gasteiger partial charge in [0.15, 0.2) is 0 Å². The van der Waals surface area contributed by atoms with Crippen molar-refractivity contribution in [3.8, 4) is 0 Å². The van der Waals surface area contributed by atoms with Crippen LogP contribution in [0, 0.1) is 11.3 Å². The van der Waals surface area contributed by atoms with Crippen LogP contribution < -0.4 is 31.2 Å². The van der Waals surface area contributed by atoms with Gasteiger partial charge in [0.05, 0.1) is 0 Å². The van der Waals surface area contributed by atoms with Crippen molar-refractivity contribution in [2.75, 3.05) is 11.0 Å². The first-order valence-corrected chi connectivity index (χ1v) is 6.29. The van der Waals surface area contributed by atoms with E-state index in [2.05, 4.69) is 20.8 Å². The fourth-order valence-electron chi connectivity index (χ4n) is 0.650. The van der Waals surface area contributed by atoms with Gasteiger partial charge in [-0.1, -0.05) is 0 Å². The van der Waals surface area contributed by atoms with E-state index in [4.69, 9.17) is 9.68 Å². The minimum absolute atomic E-state index is 0.0776. The third kappa shape index (κ3) is 3.16. The predicted octanol–water partition coefficient (Wildman–Crippen LogP) is -2.43. The van der Waals surface area contributed by atoms with Gasteiger partial charge in [0.25, 0.3) is 0 Å². The quantitative estimate of drug-likeness (QED) is 0.334. The second-order valence-electron chi connectivity index (χ2n) is 3.41. The molecule has 0 aliphatic carbocycles. The maximum atomic E-state index is 5.58. The molecule has 4 N–H and O–H groups in total. The average molecular weight is 257 g/mol. The molecule has 0 rings (SSSR count). The Morgan fingerprint density at radius 2 is 2.00 bits per heavy atom. The zero-order valence-corrected chi connectivity index (χ0v) is 9.18. The molecule has 3 heteroatoms. The van der Waals surface area contributed by atoms with Crippen molar-refractivity contribution in [2.45, 2.75) is 20.8 Å². The van der Waals surface area contributed by atoms with Gasteiger partial charge in [-0.3, -0.25) is 0 Å². The Labute approximate surface area is 74.4 Å². The molecule has 0 fully saturated rings. The maximum absolute atomic E-state index is 5.58. The molecule has 0 heterocycles. The van der Waals surface area contributed by atoms with Crippen LogP contribution in [0.5, 0.6) is 0 Å². The minimum atomic E-state index is -0.0776. The molecule has 64 valence electrons. The van der Waals surface area contributed by atoms with Gasteiger partial charge >= 0.3 is 74.2 Å². The Morgan fingerprint density at radius 1 is 1.50 bits per heavy atom. The molecule has 1 unspecified atom stereocenters. The third-order valence-electron chi connectivity index (χ3n) is 2.11. The van der Waals surface area contributed by atoms with Crippen molar-refractivity contribution < 1.29 is 21.5 Å². The summed E-state index contributed by atoms with van der Waals surface area (Å²) in [5.74, 6) is 0.593. The standard InChI is InChI=1S/C7H18IN2/c1-6(4-9)7(2,3)5-8-10/h6H,4-5,9-10H2,1-3H3/q-1. The Kier molecular flexibility index (Phi) is 4.81. The number of halogens is 1. The zero-order chi connectivity index (χ0) is 8.20. The molecule has 0 saturated heterocycles. The molecule has 1 atom stereocenters. The summed E-state index contributed by atoms with van der Waals surface area (Å²) in [7, 11) is 0. The number of hydrogen-bond acceptors (Lipinski definition) is 2. The van der Waals surface area contributed by atoms with Crippen LogP contribution in [0.2, 0.25) is 0 Å². The molecule has 0 saturated carbocycles. The number of nitrogens with two attached hydrogens (primary N) is 2. The third-order valence-corrected chi connectivity index (χ3v) is 4.52. The van der Waals surface area contributed by atoms with E-state index in [0.29, 0.717) is 11.3 Å². The predicted molar refractivity (Wildman–Crippen MR) is 41.1 cm³/mol. The Balaban J connectivity index is 3.82. The first-order chi connectivity index (χ1) is 4.54. The summed E-state index contributed by atoms with van der Waals surface area (Å²) >= 11 is -0.0776. The van der Waals surface area contributed by atoms with Gasteiger partial charge in [0.2, 0.25) is 0 Å². The van der Waals surface area contributed by atoms with E-state index >= 15 is 0 Å². The molecule has 0 amide bonds. The SMILES string of the molecule is CC(CN)C(C)(C)C[I-]N. The Hall–Kier alpha value is 0.650. The Bertz CT molecular complexity index is 93.6. The van der Waals surface area contributed by atoms with E-state index in [0.717, 1.165) is 6.54 Å². The van der Waals surface area contributed by atoms with Crippen LogP contribution in [-0.4, -0.2) is 11.0 Å². The summed E-state index contributed by atoms with van der Waals surface area (Å²) in [6.45, 7) is 7.46. The van der Waals surface area contributed by atoms with E-state index in [-0.39, 0.29) is 21.5 Å². The van der Waals surface area contributed by atoms with Gasteiger partial charge in [-0.2, -0.15) is 0 Å². The summed E-state index contributed by atoms with van der Waals surface area (Å²) < 4.78 is 6.75. The van der Waals surface area contributed by atoms with Crippen molar-refractivity contribution in [3.05, 3.63) is 0 Å². The van der Waals surface area contributed by atoms with Gasteiger partial charge in [-0.25, -0.2) is 0 Å². The summed E-state index contributed by atoms with van der Waals surface area (Å²) in [5, 5.41) is 0. The van der Waals surface area contributed by atoms with Crippen molar-refractivity contribution in [1.29, 1.82) is 0 Å². The molecule has 0 aromatic carbocycles. The van der Waals surface area contributed by atoms with E-state index in [1.165, 1.54) is 4.43 Å². The number of rotatable bonds is 4. The van der Waals surface area contributed by atoms with E-state index in [1.54, 1.807) is 0 Å². The van der Waals surface area contributed by atoms with Crippen molar-refractivity contribution in [2.24, 2.45) is 21.0 Å². The van der Waals surface area contributed by atoms with Crippen molar-refractivity contribution in [3.63, 3.8) is 0 Å².